The van der Waals surface area contributed by atoms with Gasteiger partial charge >= 0.3 is 0 Å². The van der Waals surface area contributed by atoms with Gasteiger partial charge in [-0.25, -0.2) is 26.3 Å². The smallest absolute Gasteiger partial charge is 0.159 e. The molecule has 12 aromatic heterocycles. The molecule has 6 N–H and O–H groups in total. The molecule has 0 saturated heterocycles. The second-order valence-corrected chi connectivity index (χ2v) is 31.4. The van der Waals surface area contributed by atoms with E-state index in [1.807, 2.05) is 176 Å². The van der Waals surface area contributed by atoms with Gasteiger partial charge in [0.2, 0.25) is 0 Å². The van der Waals surface area contributed by atoms with E-state index < -0.39 is 11.6 Å². The molecule has 0 amide bonds. The third-order valence-corrected chi connectivity index (χ3v) is 22.6. The van der Waals surface area contributed by atoms with Gasteiger partial charge in [0.05, 0.1) is 104 Å². The summed E-state index contributed by atoms with van der Waals surface area (Å²) in [5.41, 5.74) is 29.1. The van der Waals surface area contributed by atoms with Crippen molar-refractivity contribution in [2.45, 2.75) is 13.8 Å². The molecule has 0 aliphatic rings. The highest BCUT2D eigenvalue weighted by Gasteiger charge is 2.20. The van der Waals surface area contributed by atoms with Crippen LogP contribution >= 0.6 is 0 Å². The summed E-state index contributed by atoms with van der Waals surface area (Å²) in [4.78, 5) is 26.8. The Morgan fingerprint density at radius 1 is 0.187 bits per heavy atom. The topological polar surface area (TPSA) is 249 Å². The number of aromatic amines is 6. The van der Waals surface area contributed by atoms with Crippen LogP contribution in [0, 0.1) is 48.8 Å². The standard InChI is InChI=1S/C19H14FN3.C19H15N3.C18H11F2N3.3C18H12FN3/c1-12-9-14(6-7-17(12)20)19-16(3-2-8-21-19)13-4-5-15-11-22-23-18(15)10-13;1-13-4-2-5-15(10-13)19-17(6-3-9-20-19)14-7-8-16-12-21-22-18(16)11-14;19-15-6-5-12(8-16(15)20)18-14(2-1-7-21-18)11-3-4-13-10-22-23-17(13)9-11;19-15-4-1-3-13(9-15)18-16(5-2-8-20-18)12-6-7-14-11-21-22-17(14)10-12;19-15-7-5-12(6-8-15)18-16(2-1-9-20-18)13-3-4-14-11-21-22-17(14)10-13;19-16-6-2-1-4-15(16)18-14(5-3-9-20-18)12-7-8-13-11-21-22-17(13)10-12/h2-11H,1H3,(H,22,23);2-12H,1H3,(H,21,22);1-10H,(H,22,23);3*1-11H,(H,21,22). The van der Waals surface area contributed by atoms with Crippen molar-refractivity contribution in [1.29, 1.82) is 0 Å². The molecule has 134 heavy (non-hydrogen) atoms. The molecule has 0 aliphatic carbocycles. The molecule has 648 valence electrons. The highest BCUT2D eigenvalue weighted by atomic mass is 19.2. The summed E-state index contributed by atoms with van der Waals surface area (Å²) in [6.45, 7) is 3.86. The van der Waals surface area contributed by atoms with Gasteiger partial charge < -0.3 is 0 Å². The Labute approximate surface area is 762 Å². The normalized spacial score (nSPS) is 11.0. The number of aromatic nitrogens is 18. The Bertz CT molecular complexity index is 8000. The molecule has 0 aliphatic heterocycles. The molecule has 0 fully saturated rings. The number of nitrogens with one attached hydrogen (secondary N) is 6. The maximum absolute atomic E-state index is 14.1. The number of H-pyrrole nitrogens is 6. The lowest BCUT2D eigenvalue weighted by molar-refractivity contribution is 0.509. The van der Waals surface area contributed by atoms with Crippen LogP contribution in [0.1, 0.15) is 11.1 Å². The highest BCUT2D eigenvalue weighted by molar-refractivity contribution is 5.95. The number of benzene rings is 12. The number of hydrogen-bond acceptors (Lipinski definition) is 12. The molecule has 18 nitrogen and oxygen atoms in total. The predicted octanol–water partition coefficient (Wildman–Crippen LogP) is 27.2. The van der Waals surface area contributed by atoms with Crippen molar-refractivity contribution in [1.82, 2.24) is 91.1 Å². The van der Waals surface area contributed by atoms with Gasteiger partial charge in [0, 0.05) is 136 Å². The van der Waals surface area contributed by atoms with E-state index in [1.54, 1.807) is 105 Å². The zero-order valence-corrected chi connectivity index (χ0v) is 71.6. The quantitative estimate of drug-likeness (QED) is 0.0625. The minimum Gasteiger partial charge on any atom is -0.278 e. The van der Waals surface area contributed by atoms with Crippen molar-refractivity contribution in [3.05, 3.63) is 436 Å². The Kier molecular flexibility index (Phi) is 24.8. The van der Waals surface area contributed by atoms with Crippen molar-refractivity contribution in [2.75, 3.05) is 0 Å². The average Bonchev–Trinajstić information content (AvgIpc) is 1.83. The molecule has 24 rings (SSSR count). The summed E-state index contributed by atoms with van der Waals surface area (Å²) in [6, 6.07) is 96.8. The predicted molar refractivity (Wildman–Crippen MR) is 518 cm³/mol. The summed E-state index contributed by atoms with van der Waals surface area (Å²) in [5.74, 6) is -2.75. The highest BCUT2D eigenvalue weighted by Crippen LogP contribution is 2.40. The molecule has 24 aromatic rings. The first kappa shape index (κ1) is 85.4. The summed E-state index contributed by atoms with van der Waals surface area (Å²) in [6.07, 6.45) is 21.1. The third-order valence-electron chi connectivity index (χ3n) is 22.6. The van der Waals surface area contributed by atoms with E-state index >= 15 is 0 Å². The van der Waals surface area contributed by atoms with Gasteiger partial charge in [-0.1, -0.05) is 157 Å². The fraction of sp³-hybridized carbons (Fsp3) is 0.0182. The Hall–Kier alpha value is -18.1. The number of rotatable bonds is 12. The molecule has 0 bridgehead atoms. The number of pyridine rings is 6. The van der Waals surface area contributed by atoms with Gasteiger partial charge in [-0.05, 0) is 217 Å². The van der Waals surface area contributed by atoms with E-state index in [0.717, 1.165) is 189 Å². The van der Waals surface area contributed by atoms with Crippen LogP contribution in [0.15, 0.2) is 390 Å². The summed E-state index contributed by atoms with van der Waals surface area (Å²) in [7, 11) is 0. The molecule has 0 unspecified atom stereocenters. The number of hydrogen-bond donors (Lipinski definition) is 6. The lowest BCUT2D eigenvalue weighted by atomic mass is 9.98. The van der Waals surface area contributed by atoms with Crippen molar-refractivity contribution in [3.8, 4) is 134 Å². The molecule has 0 radical (unpaired) electrons. The fourth-order valence-corrected chi connectivity index (χ4v) is 15.9. The molecule has 24 heteroatoms. The lowest BCUT2D eigenvalue weighted by Gasteiger charge is -2.10. The van der Waals surface area contributed by atoms with Gasteiger partial charge in [0.1, 0.15) is 23.3 Å². The minimum absolute atomic E-state index is 0.204. The lowest BCUT2D eigenvalue weighted by Crippen LogP contribution is -1.91. The van der Waals surface area contributed by atoms with Crippen LogP contribution in [0.3, 0.4) is 0 Å². The Balaban J connectivity index is 0.000000103. The number of nitrogens with zero attached hydrogens (tertiary/aromatic N) is 12. The molecule has 0 spiro atoms. The van der Waals surface area contributed by atoms with Gasteiger partial charge in [-0.2, -0.15) is 30.6 Å². The van der Waals surface area contributed by atoms with Crippen molar-refractivity contribution < 1.29 is 26.3 Å². The van der Waals surface area contributed by atoms with Crippen LogP contribution in [0.4, 0.5) is 26.3 Å². The molecule has 0 saturated carbocycles. The summed E-state index contributed by atoms with van der Waals surface area (Å²) >= 11 is 0. The van der Waals surface area contributed by atoms with Crippen LogP contribution in [0.2, 0.25) is 0 Å². The first-order chi connectivity index (χ1) is 65.7. The average molecular weight is 1760 g/mol. The zero-order chi connectivity index (χ0) is 91.4. The monoisotopic (exact) mass is 1760 g/mol. The maximum atomic E-state index is 14.1. The minimum atomic E-state index is -0.886. The van der Waals surface area contributed by atoms with Gasteiger partial charge in [0.25, 0.3) is 0 Å². The molecule has 12 aromatic carbocycles. The van der Waals surface area contributed by atoms with Gasteiger partial charge in [-0.3, -0.25) is 60.5 Å². The van der Waals surface area contributed by atoms with E-state index in [9.17, 15) is 26.3 Å². The number of halogens is 6. The van der Waals surface area contributed by atoms with Gasteiger partial charge in [-0.15, -0.1) is 0 Å². The van der Waals surface area contributed by atoms with E-state index in [0.29, 0.717) is 28.1 Å². The van der Waals surface area contributed by atoms with E-state index in [2.05, 4.69) is 159 Å². The molecular formula is C110H76F6N18. The van der Waals surface area contributed by atoms with E-state index in [-0.39, 0.29) is 23.3 Å². The van der Waals surface area contributed by atoms with Crippen molar-refractivity contribution in [2.24, 2.45) is 0 Å². The third kappa shape index (κ3) is 18.9. The van der Waals surface area contributed by atoms with Gasteiger partial charge in [0.15, 0.2) is 11.6 Å². The van der Waals surface area contributed by atoms with E-state index in [4.69, 9.17) is 0 Å². The molecular weight excluding hydrogens is 1690 g/mol. The van der Waals surface area contributed by atoms with Crippen LogP contribution in [0.25, 0.3) is 200 Å². The first-order valence-electron chi connectivity index (χ1n) is 42.6. The fourth-order valence-electron chi connectivity index (χ4n) is 15.9. The van der Waals surface area contributed by atoms with Crippen molar-refractivity contribution in [3.63, 3.8) is 0 Å². The Morgan fingerprint density at radius 2 is 0.478 bits per heavy atom. The van der Waals surface area contributed by atoms with Crippen LogP contribution < -0.4 is 0 Å². The molecule has 12 heterocycles. The first-order valence-corrected chi connectivity index (χ1v) is 42.6. The Morgan fingerprint density at radius 3 is 0.821 bits per heavy atom. The second kappa shape index (κ2) is 38.9. The van der Waals surface area contributed by atoms with Crippen LogP contribution in [-0.4, -0.2) is 91.1 Å². The SMILES string of the molecule is Cc1cc(-c2ncccc2-c2ccc3cn[nH]c3c2)ccc1F.Cc1cccc(-c2ncccc2-c2ccc3cn[nH]c3c2)c1.Fc1ccc(-c2ncccc2-c2ccc3cn[nH]c3c2)cc1.Fc1ccc(-c2ncccc2-c2ccc3cn[nH]c3c2)cc1F.Fc1cccc(-c2ncccc2-c2ccc3cn[nH]c3c2)c1.Fc1ccccc1-c1ncccc1-c1ccc2cn[nH]c2c1. The van der Waals surface area contributed by atoms with E-state index in [1.165, 1.54) is 48.0 Å². The number of aryl methyl sites for hydroxylation is 2. The summed E-state index contributed by atoms with van der Waals surface area (Å²) < 4.78 is 81.0. The second-order valence-electron chi connectivity index (χ2n) is 31.4. The maximum Gasteiger partial charge on any atom is 0.159 e. The number of fused-ring (bicyclic) bond motifs is 6. The van der Waals surface area contributed by atoms with Crippen LogP contribution in [-0.2, 0) is 0 Å². The van der Waals surface area contributed by atoms with Crippen LogP contribution in [0.5, 0.6) is 0 Å². The molecule has 0 atom stereocenters. The largest absolute Gasteiger partial charge is 0.278 e. The van der Waals surface area contributed by atoms with Crippen molar-refractivity contribution >= 4 is 65.4 Å². The zero-order valence-electron chi connectivity index (χ0n) is 71.6. The summed E-state index contributed by atoms with van der Waals surface area (Å²) in [5, 5.41) is 48.5.